The summed E-state index contributed by atoms with van der Waals surface area (Å²) in [5.41, 5.74) is 1.19. The molecule has 0 radical (unpaired) electrons. The molecule has 0 saturated carbocycles. The first-order valence-electron chi connectivity index (χ1n) is 9.32. The Bertz CT molecular complexity index is 754. The Labute approximate surface area is 154 Å². The van der Waals surface area contributed by atoms with Crippen LogP contribution in [0.2, 0.25) is 0 Å². The first-order valence-corrected chi connectivity index (χ1v) is 9.32. The minimum Gasteiger partial charge on any atom is -0.489 e. The van der Waals surface area contributed by atoms with Crippen molar-refractivity contribution in [1.82, 2.24) is 25.4 Å². The quantitative estimate of drug-likeness (QED) is 0.587. The lowest BCUT2D eigenvalue weighted by Crippen LogP contribution is -2.41. The van der Waals surface area contributed by atoms with Crippen molar-refractivity contribution in [1.29, 1.82) is 0 Å². The number of hydrogen-bond donors (Lipinski definition) is 2. The predicted octanol–water partition coefficient (Wildman–Crippen LogP) is 2.06. The molecule has 7 nitrogen and oxygen atoms in total. The van der Waals surface area contributed by atoms with Crippen LogP contribution >= 0.6 is 0 Å². The fourth-order valence-electron chi connectivity index (χ4n) is 3.02. The fraction of sp³-hybridized carbons (Fsp3) is 0.526. The van der Waals surface area contributed by atoms with Crippen molar-refractivity contribution in [2.75, 3.05) is 13.1 Å². The topological polar surface area (TPSA) is 76.4 Å². The molecule has 0 aliphatic carbocycles. The summed E-state index contributed by atoms with van der Waals surface area (Å²) in [6.07, 6.45) is 2.19. The normalized spacial score (nSPS) is 14.8. The second kappa shape index (κ2) is 8.69. The summed E-state index contributed by atoms with van der Waals surface area (Å²) < 4.78 is 8.14. The largest absolute Gasteiger partial charge is 0.489 e. The molecule has 1 atom stereocenters. The van der Waals surface area contributed by atoms with Crippen LogP contribution in [0, 0.1) is 6.92 Å². The molecule has 26 heavy (non-hydrogen) atoms. The van der Waals surface area contributed by atoms with Crippen molar-refractivity contribution in [3.8, 4) is 5.75 Å². The molecule has 3 rings (SSSR count). The van der Waals surface area contributed by atoms with Gasteiger partial charge in [-0.2, -0.15) is 0 Å². The smallest absolute Gasteiger partial charge is 0.191 e. The lowest BCUT2D eigenvalue weighted by atomic mass is 10.2. The Morgan fingerprint density at radius 3 is 3.04 bits per heavy atom. The van der Waals surface area contributed by atoms with Crippen LogP contribution in [-0.4, -0.2) is 39.9 Å². The van der Waals surface area contributed by atoms with Gasteiger partial charge in [-0.25, -0.2) is 4.99 Å². The molecule has 1 aliphatic rings. The van der Waals surface area contributed by atoms with Gasteiger partial charge in [0.05, 0.1) is 6.54 Å². The highest BCUT2D eigenvalue weighted by atomic mass is 16.5. The van der Waals surface area contributed by atoms with Gasteiger partial charge in [0.1, 0.15) is 24.2 Å². The molecular formula is C19H28N6O. The van der Waals surface area contributed by atoms with E-state index in [0.29, 0.717) is 13.1 Å². The Balaban J connectivity index is 1.54. The molecule has 1 aromatic heterocycles. The van der Waals surface area contributed by atoms with Crippen LogP contribution < -0.4 is 15.4 Å². The minimum atomic E-state index is 0.0259. The van der Waals surface area contributed by atoms with E-state index in [4.69, 9.17) is 4.74 Å². The minimum absolute atomic E-state index is 0.0259. The van der Waals surface area contributed by atoms with E-state index in [1.807, 2.05) is 25.1 Å². The van der Waals surface area contributed by atoms with Gasteiger partial charge in [0, 0.05) is 19.5 Å². The number of rotatable bonds is 7. The third-order valence-electron chi connectivity index (χ3n) is 4.29. The summed E-state index contributed by atoms with van der Waals surface area (Å²) >= 11 is 0. The molecule has 1 aromatic carbocycles. The maximum atomic E-state index is 5.96. The van der Waals surface area contributed by atoms with E-state index >= 15 is 0 Å². The van der Waals surface area contributed by atoms with Crippen molar-refractivity contribution < 1.29 is 4.74 Å². The second-order valence-electron chi connectivity index (χ2n) is 6.61. The maximum Gasteiger partial charge on any atom is 0.191 e. The van der Waals surface area contributed by atoms with Gasteiger partial charge in [-0.05, 0) is 44.9 Å². The zero-order chi connectivity index (χ0) is 18.4. The summed E-state index contributed by atoms with van der Waals surface area (Å²) in [5.74, 6) is 3.66. The molecule has 0 fully saturated rings. The van der Waals surface area contributed by atoms with Gasteiger partial charge in [0.15, 0.2) is 11.8 Å². The summed E-state index contributed by atoms with van der Waals surface area (Å²) in [6.45, 7) is 9.15. The van der Waals surface area contributed by atoms with E-state index in [0.717, 1.165) is 49.3 Å². The monoisotopic (exact) mass is 356 g/mol. The molecule has 2 aromatic rings. The number of nitrogens with one attached hydrogen (secondary N) is 2. The number of benzene rings is 1. The highest BCUT2D eigenvalue weighted by Crippen LogP contribution is 2.15. The molecule has 140 valence electrons. The van der Waals surface area contributed by atoms with Gasteiger partial charge in [-0.3, -0.25) is 0 Å². The molecule has 0 amide bonds. The van der Waals surface area contributed by atoms with Gasteiger partial charge in [0.25, 0.3) is 0 Å². The van der Waals surface area contributed by atoms with E-state index in [2.05, 4.69) is 50.3 Å². The van der Waals surface area contributed by atoms with Crippen molar-refractivity contribution in [2.45, 2.75) is 52.8 Å². The Morgan fingerprint density at radius 2 is 2.23 bits per heavy atom. The third kappa shape index (κ3) is 4.74. The lowest BCUT2D eigenvalue weighted by Gasteiger charge is -2.18. The predicted molar refractivity (Wildman–Crippen MR) is 102 cm³/mol. The van der Waals surface area contributed by atoms with Crippen LogP contribution in [0.1, 0.15) is 37.5 Å². The van der Waals surface area contributed by atoms with Crippen LogP contribution in [0.15, 0.2) is 29.3 Å². The maximum absolute atomic E-state index is 5.96. The second-order valence-corrected chi connectivity index (χ2v) is 6.61. The van der Waals surface area contributed by atoms with Gasteiger partial charge in [-0.15, -0.1) is 10.2 Å². The molecular weight excluding hydrogens is 328 g/mol. The molecule has 0 spiro atoms. The Morgan fingerprint density at radius 1 is 1.35 bits per heavy atom. The summed E-state index contributed by atoms with van der Waals surface area (Å²) in [5, 5.41) is 15.1. The van der Waals surface area contributed by atoms with Crippen LogP contribution in [-0.2, 0) is 19.5 Å². The standard InChI is InChI=1S/C19H28N6O/c1-4-20-19(22-13-18-24-23-17-9-6-10-25(17)18)21-12-15(3)26-16-8-5-7-14(2)11-16/h5,7-8,11,15H,4,6,9-10,12-13H2,1-3H3,(H2,20,21,22). The highest BCUT2D eigenvalue weighted by Gasteiger charge is 2.16. The Hall–Kier alpha value is -2.57. The molecule has 0 bridgehead atoms. The first kappa shape index (κ1) is 18.2. The molecule has 7 heteroatoms. The number of aliphatic imine (C=N–C) groups is 1. The number of aromatic nitrogens is 3. The van der Waals surface area contributed by atoms with Crippen LogP contribution in [0.3, 0.4) is 0 Å². The summed E-state index contributed by atoms with van der Waals surface area (Å²) in [7, 11) is 0. The Kier molecular flexibility index (Phi) is 6.09. The zero-order valence-electron chi connectivity index (χ0n) is 15.8. The van der Waals surface area contributed by atoms with E-state index in [9.17, 15) is 0 Å². The van der Waals surface area contributed by atoms with Gasteiger partial charge in [-0.1, -0.05) is 12.1 Å². The van der Waals surface area contributed by atoms with E-state index in [-0.39, 0.29) is 6.10 Å². The van der Waals surface area contributed by atoms with Crippen molar-refractivity contribution in [3.05, 3.63) is 41.5 Å². The molecule has 1 aliphatic heterocycles. The highest BCUT2D eigenvalue weighted by molar-refractivity contribution is 5.79. The molecule has 1 unspecified atom stereocenters. The third-order valence-corrected chi connectivity index (χ3v) is 4.29. The summed E-state index contributed by atoms with van der Waals surface area (Å²) in [6, 6.07) is 8.09. The van der Waals surface area contributed by atoms with Crippen LogP contribution in [0.4, 0.5) is 0 Å². The number of ether oxygens (including phenoxy) is 1. The fourth-order valence-corrected chi connectivity index (χ4v) is 3.02. The molecule has 2 N–H and O–H groups in total. The first-order chi connectivity index (χ1) is 12.7. The van der Waals surface area contributed by atoms with Crippen LogP contribution in [0.5, 0.6) is 5.75 Å². The number of hydrogen-bond acceptors (Lipinski definition) is 4. The number of nitrogens with zero attached hydrogens (tertiary/aromatic N) is 4. The average Bonchev–Trinajstić information content (AvgIpc) is 3.21. The van der Waals surface area contributed by atoms with Gasteiger partial charge >= 0.3 is 0 Å². The van der Waals surface area contributed by atoms with Crippen molar-refractivity contribution >= 4 is 5.96 Å². The summed E-state index contributed by atoms with van der Waals surface area (Å²) in [4.78, 5) is 4.64. The lowest BCUT2D eigenvalue weighted by molar-refractivity contribution is 0.223. The van der Waals surface area contributed by atoms with Gasteiger partial charge < -0.3 is 19.9 Å². The SMILES string of the molecule is CCNC(=NCc1nnc2n1CCC2)NCC(C)Oc1cccc(C)c1. The zero-order valence-corrected chi connectivity index (χ0v) is 15.8. The number of guanidine groups is 1. The van der Waals surface area contributed by atoms with Gasteiger partial charge in [0.2, 0.25) is 0 Å². The van der Waals surface area contributed by atoms with E-state index in [1.54, 1.807) is 0 Å². The number of aryl methyl sites for hydroxylation is 2. The average molecular weight is 356 g/mol. The van der Waals surface area contributed by atoms with Crippen LogP contribution in [0.25, 0.3) is 0 Å². The number of fused-ring (bicyclic) bond motifs is 1. The molecule has 2 heterocycles. The van der Waals surface area contributed by atoms with E-state index < -0.39 is 0 Å². The van der Waals surface area contributed by atoms with Crippen molar-refractivity contribution in [3.63, 3.8) is 0 Å². The van der Waals surface area contributed by atoms with E-state index in [1.165, 1.54) is 5.56 Å². The van der Waals surface area contributed by atoms with Crippen molar-refractivity contribution in [2.24, 2.45) is 4.99 Å². The molecule has 0 saturated heterocycles.